The lowest BCUT2D eigenvalue weighted by Gasteiger charge is -2.20. The van der Waals surface area contributed by atoms with Crippen LogP contribution in [-0.4, -0.2) is 25.7 Å². The highest BCUT2D eigenvalue weighted by atomic mass is 79.9. The van der Waals surface area contributed by atoms with Gasteiger partial charge in [-0.3, -0.25) is 4.79 Å². The maximum atomic E-state index is 11.8. The van der Waals surface area contributed by atoms with Gasteiger partial charge >= 0.3 is 0 Å². The van der Waals surface area contributed by atoms with Crippen LogP contribution in [0, 0.1) is 5.92 Å². The van der Waals surface area contributed by atoms with Crippen LogP contribution in [0.15, 0.2) is 16.6 Å². The Balaban J connectivity index is 2.10. The summed E-state index contributed by atoms with van der Waals surface area (Å²) in [7, 11) is 0. The quantitative estimate of drug-likeness (QED) is 0.888. The number of amides is 1. The van der Waals surface area contributed by atoms with Crippen molar-refractivity contribution >= 4 is 27.5 Å². The number of carbonyl (C=O) groups excluding carboxylic acids is 1. The highest BCUT2D eigenvalue weighted by molar-refractivity contribution is 9.10. The molecule has 1 unspecified atom stereocenters. The van der Waals surface area contributed by atoms with Gasteiger partial charge < -0.3 is 20.5 Å². The molecule has 1 heterocycles. The molecule has 0 spiro atoms. The highest BCUT2D eigenvalue weighted by Gasteiger charge is 2.16. The SMILES string of the molecule is CC(CN)CC(=O)Nc1cc2c(cc1Br)OCCO2. The van der Waals surface area contributed by atoms with Gasteiger partial charge in [0.25, 0.3) is 0 Å². The van der Waals surface area contributed by atoms with Crippen LogP contribution in [0.1, 0.15) is 13.3 Å². The highest BCUT2D eigenvalue weighted by Crippen LogP contribution is 2.38. The van der Waals surface area contributed by atoms with Crippen LogP contribution in [-0.2, 0) is 4.79 Å². The minimum absolute atomic E-state index is 0.0599. The fourth-order valence-electron chi connectivity index (χ4n) is 1.76. The molecule has 1 aliphatic rings. The van der Waals surface area contributed by atoms with Gasteiger partial charge in [-0.05, 0) is 28.4 Å². The van der Waals surface area contributed by atoms with Gasteiger partial charge in [-0.1, -0.05) is 6.92 Å². The van der Waals surface area contributed by atoms with Crippen molar-refractivity contribution < 1.29 is 14.3 Å². The summed E-state index contributed by atoms with van der Waals surface area (Å²) in [6.07, 6.45) is 0.400. The smallest absolute Gasteiger partial charge is 0.224 e. The molecule has 19 heavy (non-hydrogen) atoms. The number of nitrogens with two attached hydrogens (primary N) is 1. The lowest BCUT2D eigenvalue weighted by molar-refractivity contribution is -0.116. The molecule has 0 aromatic heterocycles. The molecule has 1 atom stereocenters. The second-order valence-corrected chi connectivity index (χ2v) is 5.42. The van der Waals surface area contributed by atoms with E-state index in [0.29, 0.717) is 43.4 Å². The molecule has 6 heteroatoms. The second kappa shape index (κ2) is 6.25. The van der Waals surface area contributed by atoms with E-state index >= 15 is 0 Å². The zero-order valence-corrected chi connectivity index (χ0v) is 12.3. The van der Waals surface area contributed by atoms with Gasteiger partial charge in [0.15, 0.2) is 11.5 Å². The number of carbonyl (C=O) groups is 1. The average Bonchev–Trinajstić information content (AvgIpc) is 2.39. The molecule has 0 saturated heterocycles. The van der Waals surface area contributed by atoms with Crippen molar-refractivity contribution in [1.82, 2.24) is 0 Å². The number of nitrogens with one attached hydrogen (secondary N) is 1. The first-order valence-electron chi connectivity index (χ1n) is 6.19. The monoisotopic (exact) mass is 328 g/mol. The van der Waals surface area contributed by atoms with Gasteiger partial charge in [0.2, 0.25) is 5.91 Å². The number of benzene rings is 1. The first-order valence-corrected chi connectivity index (χ1v) is 6.98. The van der Waals surface area contributed by atoms with Crippen molar-refractivity contribution in [3.63, 3.8) is 0 Å². The zero-order chi connectivity index (χ0) is 13.8. The van der Waals surface area contributed by atoms with Gasteiger partial charge in [0.05, 0.1) is 5.69 Å². The predicted molar refractivity (Wildman–Crippen MR) is 76.6 cm³/mol. The van der Waals surface area contributed by atoms with Gasteiger partial charge in [-0.15, -0.1) is 0 Å². The molecule has 0 radical (unpaired) electrons. The Hall–Kier alpha value is -1.27. The predicted octanol–water partition coefficient (Wildman–Crippen LogP) is 2.14. The van der Waals surface area contributed by atoms with Crippen molar-refractivity contribution in [2.24, 2.45) is 11.7 Å². The number of anilines is 1. The van der Waals surface area contributed by atoms with Crippen LogP contribution >= 0.6 is 15.9 Å². The van der Waals surface area contributed by atoms with E-state index in [2.05, 4.69) is 21.2 Å². The second-order valence-electron chi connectivity index (χ2n) is 4.57. The summed E-state index contributed by atoms with van der Waals surface area (Å²) in [5.41, 5.74) is 6.19. The Morgan fingerprint density at radius 1 is 1.42 bits per heavy atom. The Kier molecular flexibility index (Phi) is 4.66. The number of hydrogen-bond acceptors (Lipinski definition) is 4. The minimum Gasteiger partial charge on any atom is -0.486 e. The molecule has 0 saturated carbocycles. The Bertz CT molecular complexity index is 479. The normalized spacial score (nSPS) is 14.9. The fraction of sp³-hybridized carbons (Fsp3) is 0.462. The number of rotatable bonds is 4. The lowest BCUT2D eigenvalue weighted by Crippen LogP contribution is -2.20. The van der Waals surface area contributed by atoms with Gasteiger partial charge in [0.1, 0.15) is 13.2 Å². The van der Waals surface area contributed by atoms with Gasteiger partial charge in [0, 0.05) is 23.0 Å². The van der Waals surface area contributed by atoms with E-state index < -0.39 is 0 Å². The maximum Gasteiger partial charge on any atom is 0.224 e. The number of fused-ring (bicyclic) bond motifs is 1. The molecule has 5 nitrogen and oxygen atoms in total. The van der Waals surface area contributed by atoms with Crippen molar-refractivity contribution in [3.05, 3.63) is 16.6 Å². The van der Waals surface area contributed by atoms with Crippen LogP contribution in [0.5, 0.6) is 11.5 Å². The van der Waals surface area contributed by atoms with E-state index in [1.54, 1.807) is 12.1 Å². The van der Waals surface area contributed by atoms with Crippen molar-refractivity contribution in [1.29, 1.82) is 0 Å². The first kappa shape index (κ1) is 14.1. The number of halogens is 1. The third-order valence-corrected chi connectivity index (χ3v) is 3.50. The van der Waals surface area contributed by atoms with E-state index in [1.807, 2.05) is 6.92 Å². The van der Waals surface area contributed by atoms with Crippen LogP contribution in [0.25, 0.3) is 0 Å². The Morgan fingerprint density at radius 3 is 2.68 bits per heavy atom. The molecule has 2 rings (SSSR count). The molecule has 0 aliphatic carbocycles. The molecule has 104 valence electrons. The lowest BCUT2D eigenvalue weighted by atomic mass is 10.1. The molecular weight excluding hydrogens is 312 g/mol. The number of ether oxygens (including phenoxy) is 2. The van der Waals surface area contributed by atoms with E-state index in [9.17, 15) is 4.79 Å². The summed E-state index contributed by atoms with van der Waals surface area (Å²) in [5, 5.41) is 2.85. The van der Waals surface area contributed by atoms with E-state index in [1.165, 1.54) is 0 Å². The maximum absolute atomic E-state index is 11.8. The molecule has 1 aliphatic heterocycles. The van der Waals surface area contributed by atoms with E-state index in [0.717, 1.165) is 4.47 Å². The molecule has 0 bridgehead atoms. The standard InChI is InChI=1S/C13H17BrN2O3/c1-8(7-15)4-13(17)16-10-6-12-11(5-9(10)14)18-2-3-19-12/h5-6,8H,2-4,7,15H2,1H3,(H,16,17). The molecule has 1 aromatic rings. The van der Waals surface area contributed by atoms with Crippen LogP contribution < -0.4 is 20.5 Å². The largest absolute Gasteiger partial charge is 0.486 e. The minimum atomic E-state index is -0.0599. The molecule has 1 amide bonds. The summed E-state index contributed by atoms with van der Waals surface area (Å²) in [6, 6.07) is 3.57. The van der Waals surface area contributed by atoms with Crippen molar-refractivity contribution in [3.8, 4) is 11.5 Å². The van der Waals surface area contributed by atoms with Gasteiger partial charge in [-0.2, -0.15) is 0 Å². The summed E-state index contributed by atoms with van der Waals surface area (Å²) < 4.78 is 11.7. The Morgan fingerprint density at radius 2 is 2.05 bits per heavy atom. The molecule has 0 fully saturated rings. The topological polar surface area (TPSA) is 73.6 Å². The van der Waals surface area contributed by atoms with Crippen molar-refractivity contribution in [2.45, 2.75) is 13.3 Å². The Labute approximate surface area is 120 Å². The summed E-state index contributed by atoms with van der Waals surface area (Å²) in [5.74, 6) is 1.44. The summed E-state index contributed by atoms with van der Waals surface area (Å²) in [4.78, 5) is 11.8. The van der Waals surface area contributed by atoms with Crippen LogP contribution in [0.4, 0.5) is 5.69 Å². The summed E-state index contributed by atoms with van der Waals surface area (Å²) in [6.45, 7) is 3.50. The summed E-state index contributed by atoms with van der Waals surface area (Å²) >= 11 is 3.41. The van der Waals surface area contributed by atoms with Crippen LogP contribution in [0.2, 0.25) is 0 Å². The third-order valence-electron chi connectivity index (χ3n) is 2.84. The molecular formula is C13H17BrN2O3. The van der Waals surface area contributed by atoms with Crippen molar-refractivity contribution in [2.75, 3.05) is 25.1 Å². The average molecular weight is 329 g/mol. The molecule has 3 N–H and O–H groups in total. The van der Waals surface area contributed by atoms with Crippen LogP contribution in [0.3, 0.4) is 0 Å². The van der Waals surface area contributed by atoms with E-state index in [-0.39, 0.29) is 11.8 Å². The third kappa shape index (κ3) is 3.61. The zero-order valence-electron chi connectivity index (χ0n) is 10.7. The molecule has 1 aromatic carbocycles. The van der Waals surface area contributed by atoms with E-state index in [4.69, 9.17) is 15.2 Å². The fourth-order valence-corrected chi connectivity index (χ4v) is 2.18. The number of hydrogen-bond donors (Lipinski definition) is 2. The first-order chi connectivity index (χ1) is 9.10. The van der Waals surface area contributed by atoms with Gasteiger partial charge in [-0.25, -0.2) is 0 Å².